The maximum Gasteiger partial charge on any atom is 0.451 e. The van der Waals surface area contributed by atoms with Crippen LogP contribution in [0.15, 0.2) is 29.3 Å². The highest BCUT2D eigenvalue weighted by atomic mass is 32.2. The first-order valence-corrected chi connectivity index (χ1v) is 11.1. The van der Waals surface area contributed by atoms with E-state index in [4.69, 9.17) is 5.73 Å². The number of nitrogens with one attached hydrogen (secondary N) is 1. The third-order valence-electron chi connectivity index (χ3n) is 4.88. The van der Waals surface area contributed by atoms with Crippen molar-refractivity contribution in [3.63, 3.8) is 0 Å². The number of fused-ring (bicyclic) bond motifs is 2. The summed E-state index contributed by atoms with van der Waals surface area (Å²) in [4.78, 5) is 33.0. The Morgan fingerprint density at radius 3 is 2.68 bits per heavy atom. The number of nitrogens with zero attached hydrogens (tertiary/aromatic N) is 2. The molecule has 0 fully saturated rings. The van der Waals surface area contributed by atoms with E-state index in [0.29, 0.717) is 16.0 Å². The Balaban J connectivity index is 1.61. The number of aryl methyl sites for hydroxylation is 1. The van der Waals surface area contributed by atoms with Crippen molar-refractivity contribution in [1.82, 2.24) is 9.97 Å². The molecule has 0 saturated carbocycles. The number of nitrogens with two attached hydrogens (primary N) is 1. The van der Waals surface area contributed by atoms with E-state index in [2.05, 4.69) is 15.3 Å². The molecule has 1 aromatic carbocycles. The second-order valence-electron chi connectivity index (χ2n) is 7.04. The highest BCUT2D eigenvalue weighted by Crippen LogP contribution is 2.39. The van der Waals surface area contributed by atoms with Gasteiger partial charge in [0.15, 0.2) is 0 Å². The van der Waals surface area contributed by atoms with Crippen LogP contribution >= 0.6 is 23.1 Å². The summed E-state index contributed by atoms with van der Waals surface area (Å²) in [6.07, 6.45) is -2.21. The standard InChI is InChI=1S/C20H17F3N4O2S2/c1-9(16(29)26-18-14(15(24)28)11-6-4-8-13(11)31-18)30-17-10-5-2-3-7-12(10)25-19(27-17)20(21,22)23/h2-3,5,7,9H,4,6,8H2,1H3,(H2,24,28)(H,26,29)/t9-/m1/s1. The van der Waals surface area contributed by atoms with E-state index >= 15 is 0 Å². The Hall–Kier alpha value is -2.66. The number of carbonyl (C=O) groups is 2. The van der Waals surface area contributed by atoms with Crippen molar-refractivity contribution in [2.45, 2.75) is 42.6 Å². The lowest BCUT2D eigenvalue weighted by Crippen LogP contribution is -2.24. The summed E-state index contributed by atoms with van der Waals surface area (Å²) in [6, 6.07) is 6.33. The van der Waals surface area contributed by atoms with Crippen molar-refractivity contribution in [3.05, 3.63) is 46.1 Å². The van der Waals surface area contributed by atoms with E-state index in [9.17, 15) is 22.8 Å². The molecule has 1 atom stereocenters. The molecule has 0 saturated heterocycles. The van der Waals surface area contributed by atoms with E-state index in [-0.39, 0.29) is 10.5 Å². The van der Waals surface area contributed by atoms with Gasteiger partial charge in [-0.05, 0) is 37.8 Å². The van der Waals surface area contributed by atoms with Crippen LogP contribution in [0.25, 0.3) is 10.9 Å². The number of thiophene rings is 1. The number of amides is 2. The topological polar surface area (TPSA) is 98.0 Å². The third kappa shape index (κ3) is 4.24. The summed E-state index contributed by atoms with van der Waals surface area (Å²) >= 11 is 2.22. The maximum absolute atomic E-state index is 13.2. The normalized spacial score (nSPS) is 14.5. The van der Waals surface area contributed by atoms with Gasteiger partial charge in [0.2, 0.25) is 11.7 Å². The van der Waals surface area contributed by atoms with E-state index in [1.165, 1.54) is 17.4 Å². The van der Waals surface area contributed by atoms with Gasteiger partial charge in [0.25, 0.3) is 5.91 Å². The van der Waals surface area contributed by atoms with Gasteiger partial charge in [-0.25, -0.2) is 9.97 Å². The van der Waals surface area contributed by atoms with Crippen molar-refractivity contribution in [3.8, 4) is 0 Å². The van der Waals surface area contributed by atoms with E-state index in [1.807, 2.05) is 0 Å². The zero-order chi connectivity index (χ0) is 22.3. The molecule has 1 aliphatic rings. The quantitative estimate of drug-likeness (QED) is 0.429. The predicted octanol–water partition coefficient (Wildman–Crippen LogP) is 4.42. The molecule has 2 amide bonds. The molecule has 4 rings (SSSR count). The van der Waals surface area contributed by atoms with E-state index in [0.717, 1.165) is 41.5 Å². The summed E-state index contributed by atoms with van der Waals surface area (Å²) in [7, 11) is 0. The second-order valence-corrected chi connectivity index (χ2v) is 9.48. The number of anilines is 1. The van der Waals surface area contributed by atoms with Crippen LogP contribution in [-0.2, 0) is 23.8 Å². The Morgan fingerprint density at radius 1 is 1.23 bits per heavy atom. The molecule has 0 radical (unpaired) electrons. The number of thioether (sulfide) groups is 1. The first kappa shape index (κ1) is 21.6. The van der Waals surface area contributed by atoms with Gasteiger partial charge < -0.3 is 11.1 Å². The van der Waals surface area contributed by atoms with Gasteiger partial charge >= 0.3 is 6.18 Å². The maximum atomic E-state index is 13.2. The summed E-state index contributed by atoms with van der Waals surface area (Å²) in [5.74, 6) is -2.32. The van der Waals surface area contributed by atoms with Crippen LogP contribution in [0.5, 0.6) is 0 Å². The Bertz CT molecular complexity index is 1190. The predicted molar refractivity (Wildman–Crippen MR) is 113 cm³/mol. The zero-order valence-corrected chi connectivity index (χ0v) is 17.9. The number of aromatic nitrogens is 2. The number of primary amides is 1. The van der Waals surface area contributed by atoms with Crippen molar-refractivity contribution in [2.24, 2.45) is 5.73 Å². The summed E-state index contributed by atoms with van der Waals surface area (Å²) in [5, 5.41) is 2.82. The highest BCUT2D eigenvalue weighted by Gasteiger charge is 2.36. The molecule has 0 unspecified atom stereocenters. The molecule has 2 aromatic heterocycles. The lowest BCUT2D eigenvalue weighted by atomic mass is 10.1. The van der Waals surface area contributed by atoms with Gasteiger partial charge in [-0.1, -0.05) is 30.0 Å². The molecule has 1 aliphatic carbocycles. The zero-order valence-electron chi connectivity index (χ0n) is 16.2. The van der Waals surface area contributed by atoms with Crippen molar-refractivity contribution in [1.29, 1.82) is 0 Å². The van der Waals surface area contributed by atoms with Crippen molar-refractivity contribution >= 4 is 50.8 Å². The van der Waals surface area contributed by atoms with Crippen LogP contribution in [-0.4, -0.2) is 27.0 Å². The largest absolute Gasteiger partial charge is 0.451 e. The molecule has 3 N–H and O–H groups in total. The minimum atomic E-state index is -4.71. The Morgan fingerprint density at radius 2 is 1.97 bits per heavy atom. The molecule has 6 nitrogen and oxygen atoms in total. The van der Waals surface area contributed by atoms with Crippen LogP contribution in [0, 0.1) is 0 Å². The van der Waals surface area contributed by atoms with Gasteiger partial charge in [0.1, 0.15) is 10.0 Å². The van der Waals surface area contributed by atoms with Crippen LogP contribution in [0.1, 0.15) is 40.0 Å². The number of halogens is 3. The monoisotopic (exact) mass is 466 g/mol. The molecule has 2 heterocycles. The molecule has 162 valence electrons. The van der Waals surface area contributed by atoms with Gasteiger partial charge in [0.05, 0.1) is 16.3 Å². The fourth-order valence-corrected chi connectivity index (χ4v) is 5.69. The first-order chi connectivity index (χ1) is 14.6. The van der Waals surface area contributed by atoms with Crippen LogP contribution in [0.4, 0.5) is 18.2 Å². The minimum absolute atomic E-state index is 0.0596. The third-order valence-corrected chi connectivity index (χ3v) is 7.19. The number of benzene rings is 1. The molecular weight excluding hydrogens is 449 g/mol. The lowest BCUT2D eigenvalue weighted by Gasteiger charge is -2.14. The smallest absolute Gasteiger partial charge is 0.365 e. The Labute approximate surface area is 183 Å². The number of hydrogen-bond acceptors (Lipinski definition) is 6. The number of para-hydroxylation sites is 1. The molecule has 0 bridgehead atoms. The number of carbonyl (C=O) groups excluding carboxylic acids is 2. The molecule has 31 heavy (non-hydrogen) atoms. The second kappa shape index (κ2) is 8.12. The van der Waals surface area contributed by atoms with Gasteiger partial charge in [0, 0.05) is 10.3 Å². The fraction of sp³-hybridized carbons (Fsp3) is 0.300. The average molecular weight is 467 g/mol. The lowest BCUT2D eigenvalue weighted by molar-refractivity contribution is -0.145. The molecule has 11 heteroatoms. The molecule has 3 aromatic rings. The fourth-order valence-electron chi connectivity index (χ4n) is 3.45. The summed E-state index contributed by atoms with van der Waals surface area (Å²) in [6.45, 7) is 1.56. The summed E-state index contributed by atoms with van der Waals surface area (Å²) < 4.78 is 39.7. The van der Waals surface area contributed by atoms with E-state index < -0.39 is 29.1 Å². The van der Waals surface area contributed by atoms with Crippen molar-refractivity contribution in [2.75, 3.05) is 5.32 Å². The van der Waals surface area contributed by atoms with Gasteiger partial charge in [-0.15, -0.1) is 11.3 Å². The Kier molecular flexibility index (Phi) is 5.65. The first-order valence-electron chi connectivity index (χ1n) is 9.41. The molecule has 0 aliphatic heterocycles. The van der Waals surface area contributed by atoms with Crippen LogP contribution in [0.3, 0.4) is 0 Å². The van der Waals surface area contributed by atoms with Crippen molar-refractivity contribution < 1.29 is 22.8 Å². The average Bonchev–Trinajstić information content (AvgIpc) is 3.27. The number of rotatable bonds is 5. The summed E-state index contributed by atoms with van der Waals surface area (Å²) in [5.41, 5.74) is 6.87. The molecular formula is C20H17F3N4O2S2. The minimum Gasteiger partial charge on any atom is -0.365 e. The number of alkyl halides is 3. The van der Waals surface area contributed by atoms with Crippen LogP contribution < -0.4 is 11.1 Å². The van der Waals surface area contributed by atoms with Gasteiger partial charge in [-0.2, -0.15) is 13.2 Å². The SMILES string of the molecule is C[C@@H](Sc1nc(C(F)(F)F)nc2ccccc12)C(=O)Nc1sc2c(c1C(N)=O)CCC2. The van der Waals surface area contributed by atoms with Crippen LogP contribution in [0.2, 0.25) is 0 Å². The number of hydrogen-bond donors (Lipinski definition) is 2. The van der Waals surface area contributed by atoms with Gasteiger partial charge in [-0.3, -0.25) is 9.59 Å². The van der Waals surface area contributed by atoms with E-state index in [1.54, 1.807) is 25.1 Å². The molecule has 0 spiro atoms. The highest BCUT2D eigenvalue weighted by molar-refractivity contribution is 8.00.